The topological polar surface area (TPSA) is 83.7 Å². The number of rotatable bonds is 6. The summed E-state index contributed by atoms with van der Waals surface area (Å²) in [6.07, 6.45) is 3.34. The monoisotopic (exact) mass is 264 g/mol. The van der Waals surface area contributed by atoms with Gasteiger partial charge in [-0.1, -0.05) is 24.3 Å². The number of nitro groups is 1. The highest BCUT2D eigenvalue weighted by atomic mass is 16.6. The lowest BCUT2D eigenvalue weighted by Crippen LogP contribution is -2.35. The molecule has 6 nitrogen and oxygen atoms in total. The second-order valence-corrected chi connectivity index (χ2v) is 4.17. The number of carbonyl (C=O) groups is 1. The third-order valence-corrected chi connectivity index (χ3v) is 2.84. The van der Waals surface area contributed by atoms with Gasteiger partial charge in [-0.25, -0.2) is 0 Å². The van der Waals surface area contributed by atoms with Crippen LogP contribution in [0.3, 0.4) is 0 Å². The van der Waals surface area contributed by atoms with Gasteiger partial charge in [-0.15, -0.1) is 0 Å². The summed E-state index contributed by atoms with van der Waals surface area (Å²) in [7, 11) is 1.68. The minimum atomic E-state index is -0.901. The Morgan fingerprint density at radius 3 is 2.74 bits per heavy atom. The van der Waals surface area contributed by atoms with E-state index in [-0.39, 0.29) is 5.69 Å². The second-order valence-electron chi connectivity index (χ2n) is 4.17. The SMILES string of the molecule is CC(C(=O)O)N(C)C/C=C/c1ccccc1[N+](=O)[O-]. The predicted octanol–water partition coefficient (Wildman–Crippen LogP) is 2.01. The molecule has 1 atom stereocenters. The Hall–Kier alpha value is -2.21. The molecule has 1 N–H and O–H groups in total. The van der Waals surface area contributed by atoms with Crippen LogP contribution in [0.15, 0.2) is 30.3 Å². The first-order valence-corrected chi connectivity index (χ1v) is 5.76. The Morgan fingerprint density at radius 1 is 1.53 bits per heavy atom. The lowest BCUT2D eigenvalue weighted by Gasteiger charge is -2.18. The van der Waals surface area contributed by atoms with E-state index in [4.69, 9.17) is 5.11 Å². The van der Waals surface area contributed by atoms with Crippen molar-refractivity contribution >= 4 is 17.7 Å². The maximum absolute atomic E-state index is 10.8. The first-order chi connectivity index (χ1) is 8.93. The molecular weight excluding hydrogens is 248 g/mol. The summed E-state index contributed by atoms with van der Waals surface area (Å²) in [6, 6.07) is 5.80. The molecule has 0 aliphatic carbocycles. The van der Waals surface area contributed by atoms with Crippen molar-refractivity contribution in [2.75, 3.05) is 13.6 Å². The van der Waals surface area contributed by atoms with E-state index >= 15 is 0 Å². The highest BCUT2D eigenvalue weighted by Crippen LogP contribution is 2.18. The molecule has 1 unspecified atom stereocenters. The van der Waals surface area contributed by atoms with E-state index in [0.717, 1.165) is 0 Å². The van der Waals surface area contributed by atoms with Crippen molar-refractivity contribution in [3.63, 3.8) is 0 Å². The summed E-state index contributed by atoms with van der Waals surface area (Å²) in [4.78, 5) is 22.8. The standard InChI is InChI=1S/C13H16N2O4/c1-10(13(16)17)14(2)9-5-7-11-6-3-4-8-12(11)15(18)19/h3-8,10H,9H2,1-2H3,(H,16,17)/b7-5+. The highest BCUT2D eigenvalue weighted by molar-refractivity contribution is 5.72. The molecule has 0 saturated heterocycles. The molecule has 0 fully saturated rings. The summed E-state index contributed by atoms with van der Waals surface area (Å²) in [5, 5.41) is 19.6. The fourth-order valence-corrected chi connectivity index (χ4v) is 1.49. The van der Waals surface area contributed by atoms with Crippen molar-refractivity contribution in [2.45, 2.75) is 13.0 Å². The third kappa shape index (κ3) is 4.18. The van der Waals surface area contributed by atoms with E-state index in [9.17, 15) is 14.9 Å². The Balaban J connectivity index is 2.73. The van der Waals surface area contributed by atoms with Gasteiger partial charge in [0, 0.05) is 12.6 Å². The average Bonchev–Trinajstić information content (AvgIpc) is 2.37. The highest BCUT2D eigenvalue weighted by Gasteiger charge is 2.15. The molecule has 0 bridgehead atoms. The molecule has 102 valence electrons. The molecule has 19 heavy (non-hydrogen) atoms. The van der Waals surface area contributed by atoms with Gasteiger partial charge in [-0.2, -0.15) is 0 Å². The van der Waals surface area contributed by atoms with Gasteiger partial charge in [0.1, 0.15) is 6.04 Å². The van der Waals surface area contributed by atoms with Crippen molar-refractivity contribution < 1.29 is 14.8 Å². The number of carboxylic acid groups (broad SMARTS) is 1. The van der Waals surface area contributed by atoms with Crippen LogP contribution in [0.1, 0.15) is 12.5 Å². The van der Waals surface area contributed by atoms with Gasteiger partial charge in [0.2, 0.25) is 0 Å². The Kier molecular flexibility index (Phi) is 5.20. The lowest BCUT2D eigenvalue weighted by molar-refractivity contribution is -0.385. The summed E-state index contributed by atoms with van der Waals surface area (Å²) >= 11 is 0. The van der Waals surface area contributed by atoms with Crippen molar-refractivity contribution in [1.82, 2.24) is 4.90 Å². The summed E-state index contributed by atoms with van der Waals surface area (Å²) in [6.45, 7) is 1.99. The minimum Gasteiger partial charge on any atom is -0.480 e. The van der Waals surface area contributed by atoms with Gasteiger partial charge in [0.05, 0.1) is 10.5 Å². The zero-order chi connectivity index (χ0) is 14.4. The first-order valence-electron chi connectivity index (χ1n) is 5.76. The van der Waals surface area contributed by atoms with Crippen molar-refractivity contribution in [1.29, 1.82) is 0 Å². The predicted molar refractivity (Wildman–Crippen MR) is 71.9 cm³/mol. The molecule has 1 aromatic carbocycles. The van der Waals surface area contributed by atoms with E-state index in [1.165, 1.54) is 6.07 Å². The van der Waals surface area contributed by atoms with Crippen molar-refractivity contribution in [3.05, 3.63) is 46.0 Å². The van der Waals surface area contributed by atoms with Crippen LogP contribution >= 0.6 is 0 Å². The van der Waals surface area contributed by atoms with Crippen LogP contribution in [0, 0.1) is 10.1 Å². The number of benzene rings is 1. The Morgan fingerprint density at radius 2 is 2.16 bits per heavy atom. The van der Waals surface area contributed by atoms with Crippen molar-refractivity contribution in [2.24, 2.45) is 0 Å². The Labute approximate surface area is 111 Å². The zero-order valence-corrected chi connectivity index (χ0v) is 10.8. The van der Waals surface area contributed by atoms with E-state index in [1.54, 1.807) is 49.2 Å². The largest absolute Gasteiger partial charge is 0.480 e. The van der Waals surface area contributed by atoms with Crippen LogP contribution in [0.2, 0.25) is 0 Å². The normalized spacial score (nSPS) is 12.8. The van der Waals surface area contributed by atoms with Crippen LogP contribution in [-0.2, 0) is 4.79 Å². The zero-order valence-electron chi connectivity index (χ0n) is 10.8. The molecule has 0 radical (unpaired) electrons. The van der Waals surface area contributed by atoms with E-state index in [2.05, 4.69) is 0 Å². The van der Waals surface area contributed by atoms with Crippen molar-refractivity contribution in [3.8, 4) is 0 Å². The summed E-state index contributed by atoms with van der Waals surface area (Å²) in [5.74, 6) is -0.901. The quantitative estimate of drug-likeness (QED) is 0.627. The fourth-order valence-electron chi connectivity index (χ4n) is 1.49. The van der Waals surface area contributed by atoms with Crippen LogP contribution in [0.4, 0.5) is 5.69 Å². The molecule has 6 heteroatoms. The molecule has 0 aromatic heterocycles. The maximum atomic E-state index is 10.8. The number of hydrogen-bond donors (Lipinski definition) is 1. The summed E-state index contributed by atoms with van der Waals surface area (Å²) in [5.41, 5.74) is 0.538. The molecule has 0 saturated carbocycles. The lowest BCUT2D eigenvalue weighted by atomic mass is 10.1. The van der Waals surface area contributed by atoms with Gasteiger partial charge >= 0.3 is 5.97 Å². The van der Waals surface area contributed by atoms with E-state index in [1.807, 2.05) is 0 Å². The van der Waals surface area contributed by atoms with Gasteiger partial charge in [-0.05, 0) is 20.0 Å². The Bertz CT molecular complexity index is 499. The van der Waals surface area contributed by atoms with Gasteiger partial charge in [0.25, 0.3) is 5.69 Å². The molecule has 0 spiro atoms. The number of carboxylic acids is 1. The van der Waals surface area contributed by atoms with E-state index in [0.29, 0.717) is 12.1 Å². The molecule has 1 rings (SSSR count). The number of hydrogen-bond acceptors (Lipinski definition) is 4. The summed E-state index contributed by atoms with van der Waals surface area (Å²) < 4.78 is 0. The molecule has 0 aliphatic rings. The van der Waals surface area contributed by atoms with Gasteiger partial charge in [-0.3, -0.25) is 19.8 Å². The minimum absolute atomic E-state index is 0.0349. The maximum Gasteiger partial charge on any atom is 0.320 e. The number of likely N-dealkylation sites (N-methyl/N-ethyl adjacent to an activating group) is 1. The molecule has 0 amide bonds. The van der Waals surface area contributed by atoms with Gasteiger partial charge < -0.3 is 5.11 Å². The molecule has 0 heterocycles. The van der Waals surface area contributed by atoms with E-state index < -0.39 is 16.9 Å². The molecule has 0 aliphatic heterocycles. The fraction of sp³-hybridized carbons (Fsp3) is 0.308. The van der Waals surface area contributed by atoms with Crippen LogP contribution < -0.4 is 0 Å². The molecular formula is C13H16N2O4. The van der Waals surface area contributed by atoms with Crippen LogP contribution in [0.5, 0.6) is 0 Å². The molecule has 1 aromatic rings. The third-order valence-electron chi connectivity index (χ3n) is 2.84. The first kappa shape index (κ1) is 14.8. The van der Waals surface area contributed by atoms with Crippen LogP contribution in [0.25, 0.3) is 6.08 Å². The second kappa shape index (κ2) is 6.65. The number of aliphatic carboxylic acids is 1. The number of nitrogens with zero attached hydrogens (tertiary/aromatic N) is 2. The average molecular weight is 264 g/mol. The van der Waals surface area contributed by atoms with Gasteiger partial charge in [0.15, 0.2) is 0 Å². The number of para-hydroxylation sites is 1. The number of nitro benzene ring substituents is 1. The van der Waals surface area contributed by atoms with Crippen LogP contribution in [-0.4, -0.2) is 40.5 Å². The smallest absolute Gasteiger partial charge is 0.320 e.